The van der Waals surface area contributed by atoms with Crippen LogP contribution in [-0.4, -0.2) is 71.9 Å². The number of unbranched alkanes of at least 4 members (excludes halogenated alkanes) is 9. The van der Waals surface area contributed by atoms with Crippen LogP contribution in [0.15, 0.2) is 95.9 Å². The zero-order chi connectivity index (χ0) is 50.3. The second kappa shape index (κ2) is 29.6. The molecule has 13 nitrogen and oxygen atoms in total. The number of nitrogens with one attached hydrogen (secondary N) is 1. The van der Waals surface area contributed by atoms with E-state index in [0.29, 0.717) is 11.5 Å². The van der Waals surface area contributed by atoms with Crippen LogP contribution in [0.1, 0.15) is 161 Å². The van der Waals surface area contributed by atoms with Crippen LogP contribution in [0, 0.1) is 17.2 Å². The van der Waals surface area contributed by atoms with Crippen molar-refractivity contribution in [2.45, 2.75) is 174 Å². The molecule has 1 aliphatic heterocycles. The minimum Gasteiger partial charge on any atom is -0.497 e. The number of hydrogen-bond acceptors (Lipinski definition) is 11. The molecule has 4 aromatic rings. The van der Waals surface area contributed by atoms with Gasteiger partial charge in [-0.15, -0.1) is 0 Å². The van der Waals surface area contributed by atoms with Gasteiger partial charge in [-0.25, -0.2) is 9.46 Å². The van der Waals surface area contributed by atoms with Crippen molar-refractivity contribution in [3.05, 3.63) is 118 Å². The van der Waals surface area contributed by atoms with Crippen molar-refractivity contribution >= 4 is 20.3 Å². The van der Waals surface area contributed by atoms with Gasteiger partial charge in [-0.05, 0) is 87.6 Å². The third-order valence-electron chi connectivity index (χ3n) is 13.0. The van der Waals surface area contributed by atoms with E-state index >= 15 is 0 Å². The quantitative estimate of drug-likeness (QED) is 0.0283. The molecule has 5 atom stereocenters. The van der Waals surface area contributed by atoms with E-state index in [-0.39, 0.29) is 55.8 Å². The molecule has 0 spiro atoms. The molecule has 1 saturated heterocycles. The van der Waals surface area contributed by atoms with Crippen LogP contribution in [0.2, 0.25) is 0 Å². The van der Waals surface area contributed by atoms with E-state index in [4.69, 9.17) is 28.0 Å². The summed E-state index contributed by atoms with van der Waals surface area (Å²) in [5, 5.41) is 12.5. The summed E-state index contributed by atoms with van der Waals surface area (Å²) in [5.41, 5.74) is 0.890. The average Bonchev–Trinajstić information content (AvgIpc) is 3.76. The Balaban J connectivity index is 1.47. The van der Waals surface area contributed by atoms with Crippen LogP contribution < -0.4 is 20.5 Å². The highest BCUT2D eigenvalue weighted by Gasteiger charge is 2.45. The number of nitrogens with zero attached hydrogens (tertiary/aromatic N) is 4. The molecule has 5 rings (SSSR count). The molecule has 70 heavy (non-hydrogen) atoms. The zero-order valence-electron chi connectivity index (χ0n) is 43.1. The maximum atomic E-state index is 14.1. The Morgan fingerprint density at radius 2 is 1.36 bits per heavy atom. The number of aromatic nitrogens is 2. The minimum atomic E-state index is -1.70. The van der Waals surface area contributed by atoms with Crippen molar-refractivity contribution < 1.29 is 32.8 Å². The van der Waals surface area contributed by atoms with Crippen molar-refractivity contribution in [1.82, 2.24) is 14.2 Å². The highest BCUT2D eigenvalue weighted by molar-refractivity contribution is 7.44. The highest BCUT2D eigenvalue weighted by atomic mass is 31.2. The number of methoxy groups -OCH3 is 2. The molecule has 3 aromatic carbocycles. The molecule has 0 saturated carbocycles. The summed E-state index contributed by atoms with van der Waals surface area (Å²) in [5.74, 6) is 1.40. The zero-order valence-corrected chi connectivity index (χ0v) is 44.0. The van der Waals surface area contributed by atoms with Crippen molar-refractivity contribution in [3.63, 3.8) is 0 Å². The number of anilines is 1. The molecule has 1 aliphatic rings. The Hall–Kier alpha value is -4.67. The van der Waals surface area contributed by atoms with E-state index in [1.54, 1.807) is 26.5 Å². The van der Waals surface area contributed by atoms with Crippen molar-refractivity contribution in [1.29, 1.82) is 5.26 Å². The molecule has 0 bridgehead atoms. The largest absolute Gasteiger partial charge is 0.497 e. The molecule has 5 unspecified atom stereocenters. The molecular formula is C56H80N5O8P. The summed E-state index contributed by atoms with van der Waals surface area (Å²) in [6, 6.07) is 29.7. The first-order chi connectivity index (χ1) is 34.0. The molecule has 0 aliphatic carbocycles. The fourth-order valence-electron chi connectivity index (χ4n) is 9.33. The van der Waals surface area contributed by atoms with Crippen LogP contribution >= 0.6 is 8.53 Å². The maximum Gasteiger partial charge on any atom is 0.351 e. The summed E-state index contributed by atoms with van der Waals surface area (Å²) < 4.78 is 42.5. The van der Waals surface area contributed by atoms with Gasteiger partial charge < -0.3 is 33.3 Å². The van der Waals surface area contributed by atoms with E-state index in [2.05, 4.69) is 62.6 Å². The number of hydrogen-bond donors (Lipinski definition) is 1. The van der Waals surface area contributed by atoms with Gasteiger partial charge in [-0.3, -0.25) is 9.36 Å². The fourth-order valence-corrected chi connectivity index (χ4v) is 11.1. The molecule has 2 heterocycles. The number of ether oxygens (including phenoxy) is 4. The Kier molecular flexibility index (Phi) is 23.8. The second-order valence-electron chi connectivity index (χ2n) is 18.8. The number of carbonyl (C=O) groups is 1. The Bertz CT molecular complexity index is 2160. The first-order valence-corrected chi connectivity index (χ1v) is 26.9. The topological polar surface area (TPSA) is 146 Å². The Morgan fingerprint density at radius 3 is 1.89 bits per heavy atom. The second-order valence-corrected chi connectivity index (χ2v) is 20.2. The summed E-state index contributed by atoms with van der Waals surface area (Å²) in [4.78, 5) is 32.3. The molecule has 14 heteroatoms. The van der Waals surface area contributed by atoms with Crippen molar-refractivity contribution in [2.75, 3.05) is 32.8 Å². The smallest absolute Gasteiger partial charge is 0.351 e. The molecular weight excluding hydrogens is 902 g/mol. The summed E-state index contributed by atoms with van der Waals surface area (Å²) in [6.45, 7) is 13.0. The summed E-state index contributed by atoms with van der Waals surface area (Å²) >= 11 is 0. The van der Waals surface area contributed by atoms with Gasteiger partial charge >= 0.3 is 5.69 Å². The standard InChI is InChI=1S/C56H80N5O8P/c1-9-11-13-15-16-17-20-25-44(24-19-14-12-10-2)54(62)58-52-36-38-60(55(63)59-52)53-40-50(69-70(67-39-23-37-57)61(42(3)4)43(5)6)51(68-53)41-66-56(45-26-21-18-22-27-45,46-28-32-48(64-7)33-29-46)47-30-34-49(65-8)35-31-47/h18,21-22,26-36,38,42-44,50-51,53H,9-17,19-20,23-25,39-41H2,1-8H3,(H,58,59,62,63). The lowest BCUT2D eigenvalue weighted by Gasteiger charge is -2.39. The lowest BCUT2D eigenvalue weighted by molar-refractivity contribution is -0.120. The van der Waals surface area contributed by atoms with E-state index in [0.717, 1.165) is 68.1 Å². The van der Waals surface area contributed by atoms with Gasteiger partial charge in [0.2, 0.25) is 5.91 Å². The van der Waals surface area contributed by atoms with E-state index in [9.17, 15) is 14.9 Å². The Labute approximate surface area is 419 Å². The third kappa shape index (κ3) is 15.9. The molecule has 1 amide bonds. The molecule has 1 fully saturated rings. The molecule has 0 radical (unpaired) electrons. The number of nitriles is 1. The fraction of sp³-hybridized carbons (Fsp3) is 0.571. The number of amides is 1. The van der Waals surface area contributed by atoms with Crippen LogP contribution in [-0.2, 0) is 28.9 Å². The number of rotatable bonds is 32. The third-order valence-corrected chi connectivity index (χ3v) is 15.2. The van der Waals surface area contributed by atoms with Crippen LogP contribution in [0.25, 0.3) is 0 Å². The molecule has 1 aromatic heterocycles. The summed E-state index contributed by atoms with van der Waals surface area (Å²) in [6.07, 6.45) is 14.3. The number of benzene rings is 3. The number of carbonyl (C=O) groups excluding carboxylic acids is 1. The first kappa shape index (κ1) is 56.2. The molecule has 1 N–H and O–H groups in total. The van der Waals surface area contributed by atoms with Crippen molar-refractivity contribution in [2.24, 2.45) is 5.92 Å². The van der Waals surface area contributed by atoms with E-state index in [1.807, 2.05) is 78.9 Å². The van der Waals surface area contributed by atoms with Crippen LogP contribution in [0.5, 0.6) is 11.5 Å². The van der Waals surface area contributed by atoms with Gasteiger partial charge in [0.05, 0.1) is 46.0 Å². The van der Waals surface area contributed by atoms with Gasteiger partial charge in [0.25, 0.3) is 8.53 Å². The lowest BCUT2D eigenvalue weighted by atomic mass is 9.80. The predicted molar refractivity (Wildman–Crippen MR) is 279 cm³/mol. The van der Waals surface area contributed by atoms with Crippen molar-refractivity contribution in [3.8, 4) is 17.6 Å². The predicted octanol–water partition coefficient (Wildman–Crippen LogP) is 12.9. The average molecular weight is 982 g/mol. The normalized spacial score (nSPS) is 16.9. The SMILES string of the molecule is CCCCCCCCCC(CCCCCC)C(=O)Nc1ccn(C2CC(OP(OCCC#N)N(C(C)C)C(C)C)C(COC(c3ccccc3)(c3ccc(OC)cc3)c3ccc(OC)cc3)O2)c(=O)n1. The van der Waals surface area contributed by atoms with Gasteiger partial charge in [0, 0.05) is 30.6 Å². The van der Waals surface area contributed by atoms with Crippen LogP contribution in [0.4, 0.5) is 5.82 Å². The Morgan fingerprint density at radius 1 is 0.814 bits per heavy atom. The maximum absolute atomic E-state index is 14.1. The minimum absolute atomic E-state index is 0.0353. The monoisotopic (exact) mass is 982 g/mol. The highest BCUT2D eigenvalue weighted by Crippen LogP contribution is 2.51. The van der Waals surface area contributed by atoms with Gasteiger partial charge in [0.15, 0.2) is 0 Å². The van der Waals surface area contributed by atoms with E-state index in [1.165, 1.54) is 36.7 Å². The van der Waals surface area contributed by atoms with Gasteiger partial charge in [0.1, 0.15) is 35.2 Å². The van der Waals surface area contributed by atoms with E-state index < -0.39 is 38.3 Å². The lowest BCUT2D eigenvalue weighted by Crippen LogP contribution is -2.39. The van der Waals surface area contributed by atoms with Crippen LogP contribution in [0.3, 0.4) is 0 Å². The molecule has 382 valence electrons. The summed E-state index contributed by atoms with van der Waals surface area (Å²) in [7, 11) is 1.58. The van der Waals surface area contributed by atoms with Gasteiger partial charge in [-0.2, -0.15) is 10.2 Å². The van der Waals surface area contributed by atoms with Gasteiger partial charge in [-0.1, -0.05) is 139 Å². The first-order valence-electron chi connectivity index (χ1n) is 25.8.